The molecule has 1 heterocycles. The van der Waals surface area contributed by atoms with Gasteiger partial charge in [0, 0.05) is 11.9 Å². The van der Waals surface area contributed by atoms with Gasteiger partial charge in [-0.2, -0.15) is 0 Å². The van der Waals surface area contributed by atoms with Gasteiger partial charge in [-0.15, -0.1) is 11.8 Å². The molecule has 0 aliphatic rings. The number of furan rings is 1. The number of rotatable bonds is 7. The molecule has 24 heavy (non-hydrogen) atoms. The van der Waals surface area contributed by atoms with Gasteiger partial charge in [-0.25, -0.2) is 4.79 Å². The van der Waals surface area contributed by atoms with E-state index in [-0.39, 0.29) is 23.3 Å². The molecular formula is C18H21NO4S. The summed E-state index contributed by atoms with van der Waals surface area (Å²) in [6.45, 7) is 3.83. The molecule has 0 fully saturated rings. The summed E-state index contributed by atoms with van der Waals surface area (Å²) in [7, 11) is 1.70. The summed E-state index contributed by atoms with van der Waals surface area (Å²) >= 11 is 1.53. The van der Waals surface area contributed by atoms with Gasteiger partial charge < -0.3 is 14.4 Å². The van der Waals surface area contributed by atoms with E-state index in [1.807, 2.05) is 37.3 Å². The molecule has 0 bridgehead atoms. The minimum Gasteiger partial charge on any atom is -0.478 e. The molecule has 2 rings (SSSR count). The summed E-state index contributed by atoms with van der Waals surface area (Å²) in [6, 6.07) is 11.3. The standard InChI is InChI=1S/C18H21NO4S/c1-4-16(24-14-8-6-5-7-9-14)17(20)19(3)11-13-10-15(18(21)22)12(2)23-13/h5-10,16H,4,11H2,1-3H3,(H,21,22). The van der Waals surface area contributed by atoms with Crippen molar-refractivity contribution >= 4 is 23.6 Å². The predicted octanol–water partition coefficient (Wildman–Crippen LogP) is 3.82. The molecule has 0 saturated heterocycles. The summed E-state index contributed by atoms with van der Waals surface area (Å²) in [5.41, 5.74) is 0.136. The number of carbonyl (C=O) groups excluding carboxylic acids is 1. The van der Waals surface area contributed by atoms with E-state index in [1.54, 1.807) is 18.9 Å². The molecule has 6 heteroatoms. The minimum atomic E-state index is -1.03. The van der Waals surface area contributed by atoms with Crippen molar-refractivity contribution in [3.05, 3.63) is 53.5 Å². The van der Waals surface area contributed by atoms with E-state index in [1.165, 1.54) is 17.8 Å². The van der Waals surface area contributed by atoms with E-state index >= 15 is 0 Å². The van der Waals surface area contributed by atoms with Gasteiger partial charge in [-0.1, -0.05) is 25.1 Å². The third kappa shape index (κ3) is 4.41. The number of hydrogen-bond acceptors (Lipinski definition) is 4. The number of carboxylic acids is 1. The highest BCUT2D eigenvalue weighted by Crippen LogP contribution is 2.27. The Kier molecular flexibility index (Phi) is 6.09. The maximum absolute atomic E-state index is 12.7. The third-order valence-corrected chi connectivity index (χ3v) is 5.00. The molecule has 1 N–H and O–H groups in total. The quantitative estimate of drug-likeness (QED) is 0.771. The second kappa shape index (κ2) is 8.06. The van der Waals surface area contributed by atoms with Crippen molar-refractivity contribution < 1.29 is 19.1 Å². The van der Waals surface area contributed by atoms with Crippen LogP contribution in [0.1, 0.15) is 35.2 Å². The monoisotopic (exact) mass is 347 g/mol. The predicted molar refractivity (Wildman–Crippen MR) is 93.3 cm³/mol. The van der Waals surface area contributed by atoms with Gasteiger partial charge >= 0.3 is 5.97 Å². The zero-order valence-electron chi connectivity index (χ0n) is 14.0. The van der Waals surface area contributed by atoms with Crippen molar-refractivity contribution in [2.45, 2.75) is 37.0 Å². The van der Waals surface area contributed by atoms with E-state index in [4.69, 9.17) is 9.52 Å². The molecule has 0 spiro atoms. The molecular weight excluding hydrogens is 326 g/mol. The first kappa shape index (κ1) is 18.1. The molecule has 5 nitrogen and oxygen atoms in total. The van der Waals surface area contributed by atoms with Crippen molar-refractivity contribution in [3.8, 4) is 0 Å². The Bertz CT molecular complexity index is 711. The minimum absolute atomic E-state index is 0.00252. The molecule has 1 atom stereocenters. The van der Waals surface area contributed by atoms with Crippen molar-refractivity contribution in [1.82, 2.24) is 4.90 Å². The Hall–Kier alpha value is -2.21. The zero-order valence-corrected chi connectivity index (χ0v) is 14.8. The van der Waals surface area contributed by atoms with Crippen molar-refractivity contribution in [3.63, 3.8) is 0 Å². The van der Waals surface area contributed by atoms with E-state index in [0.29, 0.717) is 17.9 Å². The smallest absolute Gasteiger partial charge is 0.339 e. The topological polar surface area (TPSA) is 70.8 Å². The molecule has 0 saturated carbocycles. The maximum atomic E-state index is 12.7. The number of carbonyl (C=O) groups is 2. The molecule has 1 aromatic carbocycles. The Balaban J connectivity index is 2.04. The SMILES string of the molecule is CCC(Sc1ccccc1)C(=O)N(C)Cc1cc(C(=O)O)c(C)o1. The van der Waals surface area contributed by atoms with Crippen LogP contribution in [-0.2, 0) is 11.3 Å². The molecule has 128 valence electrons. The third-order valence-electron chi connectivity index (χ3n) is 3.64. The van der Waals surface area contributed by atoms with Crippen LogP contribution in [0.25, 0.3) is 0 Å². The highest BCUT2D eigenvalue weighted by Gasteiger charge is 2.23. The van der Waals surface area contributed by atoms with Crippen molar-refractivity contribution in [2.24, 2.45) is 0 Å². The van der Waals surface area contributed by atoms with Gasteiger partial charge in [0.05, 0.1) is 11.8 Å². The van der Waals surface area contributed by atoms with Crippen molar-refractivity contribution in [2.75, 3.05) is 7.05 Å². The highest BCUT2D eigenvalue weighted by atomic mass is 32.2. The Labute approximate surface area is 145 Å². The van der Waals surface area contributed by atoms with E-state index < -0.39 is 5.97 Å². The van der Waals surface area contributed by atoms with Gasteiger partial charge in [0.15, 0.2) is 0 Å². The lowest BCUT2D eigenvalue weighted by Crippen LogP contribution is -2.33. The molecule has 1 unspecified atom stereocenters. The molecule has 0 radical (unpaired) electrons. The Morgan fingerprint density at radius 3 is 2.50 bits per heavy atom. The van der Waals surface area contributed by atoms with E-state index in [2.05, 4.69) is 0 Å². The van der Waals surface area contributed by atoms with Crippen LogP contribution in [0.2, 0.25) is 0 Å². The summed E-state index contributed by atoms with van der Waals surface area (Å²) in [5, 5.41) is 8.88. The zero-order chi connectivity index (χ0) is 17.7. The van der Waals surface area contributed by atoms with E-state index in [0.717, 1.165) is 4.90 Å². The lowest BCUT2D eigenvalue weighted by molar-refractivity contribution is -0.130. The first-order chi connectivity index (χ1) is 11.4. The fourth-order valence-electron chi connectivity index (χ4n) is 2.36. The largest absolute Gasteiger partial charge is 0.478 e. The number of aromatic carboxylic acids is 1. The van der Waals surface area contributed by atoms with E-state index in [9.17, 15) is 9.59 Å². The van der Waals surface area contributed by atoms with Gasteiger partial charge in [0.2, 0.25) is 5.91 Å². The van der Waals surface area contributed by atoms with Gasteiger partial charge in [0.1, 0.15) is 17.1 Å². The number of benzene rings is 1. The number of nitrogens with zero attached hydrogens (tertiary/aromatic N) is 1. The van der Waals surface area contributed by atoms with Crippen LogP contribution in [0.15, 0.2) is 45.7 Å². The summed E-state index contributed by atoms with van der Waals surface area (Å²) < 4.78 is 5.45. The fraction of sp³-hybridized carbons (Fsp3) is 0.333. The average molecular weight is 347 g/mol. The Morgan fingerprint density at radius 1 is 1.29 bits per heavy atom. The number of carboxylic acid groups (broad SMARTS) is 1. The molecule has 0 aliphatic heterocycles. The summed E-state index contributed by atoms with van der Waals surface area (Å²) in [5.74, 6) is -0.204. The van der Waals surface area contributed by atoms with Crippen LogP contribution in [0.4, 0.5) is 0 Å². The number of amides is 1. The highest BCUT2D eigenvalue weighted by molar-refractivity contribution is 8.00. The second-order valence-corrected chi connectivity index (χ2v) is 6.79. The first-order valence-electron chi connectivity index (χ1n) is 7.71. The number of hydrogen-bond donors (Lipinski definition) is 1. The number of thioether (sulfide) groups is 1. The van der Waals surface area contributed by atoms with Crippen LogP contribution >= 0.6 is 11.8 Å². The second-order valence-electron chi connectivity index (χ2n) is 5.51. The van der Waals surface area contributed by atoms with Crippen LogP contribution in [0.3, 0.4) is 0 Å². The molecule has 1 aromatic heterocycles. The van der Waals surface area contributed by atoms with Gasteiger partial charge in [0.25, 0.3) is 0 Å². The fourth-order valence-corrected chi connectivity index (χ4v) is 3.45. The van der Waals surface area contributed by atoms with Crippen LogP contribution in [-0.4, -0.2) is 34.2 Å². The number of aryl methyl sites for hydroxylation is 1. The lowest BCUT2D eigenvalue weighted by atomic mass is 10.2. The Morgan fingerprint density at radius 2 is 1.96 bits per heavy atom. The van der Waals surface area contributed by atoms with Crippen LogP contribution < -0.4 is 0 Å². The summed E-state index contributed by atoms with van der Waals surface area (Å²) in [6.07, 6.45) is 0.709. The van der Waals surface area contributed by atoms with Crippen molar-refractivity contribution in [1.29, 1.82) is 0 Å². The molecule has 0 aliphatic carbocycles. The van der Waals surface area contributed by atoms with Crippen LogP contribution in [0, 0.1) is 6.92 Å². The molecule has 1 amide bonds. The molecule has 2 aromatic rings. The maximum Gasteiger partial charge on any atom is 0.339 e. The van der Waals surface area contributed by atoms with Crippen LogP contribution in [0.5, 0.6) is 0 Å². The normalized spacial score (nSPS) is 12.0. The lowest BCUT2D eigenvalue weighted by Gasteiger charge is -2.22. The van der Waals surface area contributed by atoms with Gasteiger partial charge in [-0.3, -0.25) is 4.79 Å². The van der Waals surface area contributed by atoms with Gasteiger partial charge in [-0.05, 0) is 31.5 Å². The first-order valence-corrected chi connectivity index (χ1v) is 8.59. The average Bonchev–Trinajstić information content (AvgIpc) is 2.93. The summed E-state index contributed by atoms with van der Waals surface area (Å²) in [4.78, 5) is 26.4.